The minimum absolute atomic E-state index is 0.148. The monoisotopic (exact) mass is 681 g/mol. The minimum atomic E-state index is -4.70. The van der Waals surface area contributed by atoms with Gasteiger partial charge in [-0.25, -0.2) is 4.90 Å². The van der Waals surface area contributed by atoms with Gasteiger partial charge in [-0.1, -0.05) is 80.3 Å². The number of nitrogens with one attached hydrogen (secondary N) is 1. The molecule has 0 spiro atoms. The van der Waals surface area contributed by atoms with Gasteiger partial charge in [-0.3, -0.25) is 23.7 Å². The Kier molecular flexibility index (Phi) is 8.33. The van der Waals surface area contributed by atoms with Gasteiger partial charge in [0.05, 0.1) is 35.0 Å². The van der Waals surface area contributed by atoms with E-state index in [-0.39, 0.29) is 5.41 Å². The van der Waals surface area contributed by atoms with Crippen molar-refractivity contribution < 1.29 is 32.3 Å². The minimum Gasteiger partial charge on any atom is -0.497 e. The maximum absolute atomic E-state index is 14.1. The molecule has 2 aliphatic rings. The fourth-order valence-electron chi connectivity index (χ4n) is 5.96. The predicted molar refractivity (Wildman–Crippen MR) is 174 cm³/mol. The van der Waals surface area contributed by atoms with Gasteiger partial charge in [-0.15, -0.1) is 0 Å². The summed E-state index contributed by atoms with van der Waals surface area (Å²) in [6.07, 6.45) is -4.70. The topological polar surface area (TPSA) is 97.7 Å². The third kappa shape index (κ3) is 5.98. The number of aromatic nitrogens is 1. The highest BCUT2D eigenvalue weighted by molar-refractivity contribution is 8.00. The Balaban J connectivity index is 1.40. The number of carbonyl (C=O) groups excluding carboxylic acids is 3. The number of rotatable bonds is 6. The number of hydrogen-bond acceptors (Lipinski definition) is 7. The Bertz CT molecular complexity index is 1930. The summed E-state index contributed by atoms with van der Waals surface area (Å²) in [5.41, 5.74) is 0.561. The number of ether oxygens (including phenoxy) is 1. The van der Waals surface area contributed by atoms with Gasteiger partial charge in [0.1, 0.15) is 17.5 Å². The van der Waals surface area contributed by atoms with Gasteiger partial charge in [0.15, 0.2) is 0 Å². The van der Waals surface area contributed by atoms with Crippen molar-refractivity contribution in [2.45, 2.75) is 55.1 Å². The molecule has 4 aromatic rings. The molecule has 2 aliphatic heterocycles. The number of anilines is 2. The van der Waals surface area contributed by atoms with Crippen molar-refractivity contribution >= 4 is 52.2 Å². The second-order valence-electron chi connectivity index (χ2n) is 12.3. The van der Waals surface area contributed by atoms with Crippen molar-refractivity contribution in [1.82, 2.24) is 4.57 Å². The van der Waals surface area contributed by atoms with Gasteiger partial charge in [0, 0.05) is 10.8 Å². The zero-order valence-electron chi connectivity index (χ0n) is 25.8. The van der Waals surface area contributed by atoms with E-state index in [1.807, 2.05) is 24.3 Å². The van der Waals surface area contributed by atoms with Gasteiger partial charge >= 0.3 is 11.0 Å². The zero-order valence-corrected chi connectivity index (χ0v) is 27.4. The van der Waals surface area contributed by atoms with Crippen LogP contribution in [-0.4, -0.2) is 34.6 Å². The van der Waals surface area contributed by atoms with E-state index >= 15 is 0 Å². The first-order valence-electron chi connectivity index (χ1n) is 14.7. The third-order valence-corrected chi connectivity index (χ3v) is 10.9. The molecular weight excluding hydrogens is 652 g/mol. The number of hydrogen-bond donors (Lipinski definition) is 1. The lowest BCUT2D eigenvalue weighted by atomic mass is 9.81. The number of para-hydroxylation sites is 1. The van der Waals surface area contributed by atoms with E-state index in [4.69, 9.17) is 4.74 Å². The number of halogens is 3. The summed E-state index contributed by atoms with van der Waals surface area (Å²) in [4.78, 5) is 55.8. The van der Waals surface area contributed by atoms with Crippen LogP contribution in [-0.2, 0) is 32.5 Å². The Morgan fingerprint density at radius 1 is 0.915 bits per heavy atom. The molecule has 47 heavy (non-hydrogen) atoms. The molecule has 244 valence electrons. The Morgan fingerprint density at radius 3 is 2.19 bits per heavy atom. The normalized spacial score (nSPS) is 19.4. The molecule has 1 saturated heterocycles. The van der Waals surface area contributed by atoms with Crippen LogP contribution in [0.5, 0.6) is 5.75 Å². The molecule has 3 atom stereocenters. The van der Waals surface area contributed by atoms with Crippen molar-refractivity contribution in [3.05, 3.63) is 104 Å². The van der Waals surface area contributed by atoms with Gasteiger partial charge in [0.25, 0.3) is 0 Å². The number of alkyl halides is 3. The molecular formula is C34H30F3N3O5S2. The van der Waals surface area contributed by atoms with Crippen LogP contribution in [0.25, 0.3) is 0 Å². The van der Waals surface area contributed by atoms with Gasteiger partial charge < -0.3 is 10.1 Å². The molecule has 13 heteroatoms. The van der Waals surface area contributed by atoms with E-state index < -0.39 is 63.7 Å². The first-order chi connectivity index (χ1) is 22.2. The maximum Gasteiger partial charge on any atom is 0.418 e. The predicted octanol–water partition coefficient (Wildman–Crippen LogP) is 6.67. The van der Waals surface area contributed by atoms with Crippen LogP contribution in [0.15, 0.2) is 82.6 Å². The van der Waals surface area contributed by atoms with Crippen LogP contribution in [0.4, 0.5) is 24.5 Å². The number of imide groups is 1. The Hall–Kier alpha value is -4.36. The van der Waals surface area contributed by atoms with E-state index in [9.17, 15) is 32.3 Å². The molecule has 6 rings (SSSR count). The van der Waals surface area contributed by atoms with Gasteiger partial charge in [-0.05, 0) is 52.9 Å². The molecule has 8 nitrogen and oxygen atoms in total. The molecule has 3 heterocycles. The molecule has 0 unspecified atom stereocenters. The fraction of sp³-hybridized carbons (Fsp3) is 0.294. The number of methoxy groups -OCH3 is 1. The Labute approximate surface area is 276 Å². The molecule has 0 radical (unpaired) electrons. The number of benzene rings is 3. The average Bonchev–Trinajstić information content (AvgIpc) is 3.46. The van der Waals surface area contributed by atoms with E-state index in [0.717, 1.165) is 51.3 Å². The number of carbonyl (C=O) groups is 3. The highest BCUT2D eigenvalue weighted by Crippen LogP contribution is 2.54. The van der Waals surface area contributed by atoms with Crippen molar-refractivity contribution in [3.8, 4) is 5.75 Å². The van der Waals surface area contributed by atoms with Crippen LogP contribution >= 0.6 is 23.1 Å². The summed E-state index contributed by atoms with van der Waals surface area (Å²) in [5, 5.41) is 1.71. The molecule has 1 fully saturated rings. The molecule has 3 amide bonds. The van der Waals surface area contributed by atoms with Crippen LogP contribution in [0.1, 0.15) is 48.3 Å². The van der Waals surface area contributed by atoms with Crippen LogP contribution < -0.4 is 19.8 Å². The lowest BCUT2D eigenvalue weighted by Crippen LogP contribution is -2.33. The largest absolute Gasteiger partial charge is 0.497 e. The number of nitrogens with zero attached hydrogens (tertiary/aromatic N) is 2. The standard InChI is InChI=1S/C34H30F3N3O5S2/c1-33(2,3)19-11-9-18(10-12-19)25-26-27(30(43)40(29(26)42)20-13-15-21(45-4)16-14-20)46-31-28(25)47-32(44)39(31)17-24(41)38-23-8-6-5-7-22(23)34(35,36)37/h5-16,25-27H,17H2,1-4H3,(H,38,41)/t25-,26-,27+/m0/s1. The van der Waals surface area contributed by atoms with Gasteiger partial charge in [0.2, 0.25) is 17.7 Å². The number of thiazole rings is 1. The van der Waals surface area contributed by atoms with E-state index in [1.54, 1.807) is 24.3 Å². The number of fused-ring (bicyclic) bond motifs is 2. The summed E-state index contributed by atoms with van der Waals surface area (Å²) in [6.45, 7) is 5.64. The molecule has 0 bridgehead atoms. The van der Waals surface area contributed by atoms with Crippen molar-refractivity contribution in [3.63, 3.8) is 0 Å². The molecule has 1 N–H and O–H groups in total. The molecule has 3 aromatic carbocycles. The van der Waals surface area contributed by atoms with Gasteiger partial charge in [-0.2, -0.15) is 13.2 Å². The van der Waals surface area contributed by atoms with Crippen LogP contribution in [0.3, 0.4) is 0 Å². The van der Waals surface area contributed by atoms with Crippen LogP contribution in [0.2, 0.25) is 0 Å². The summed E-state index contributed by atoms with van der Waals surface area (Å²) in [5.74, 6) is -2.70. The van der Waals surface area contributed by atoms with Crippen molar-refractivity contribution in [1.29, 1.82) is 0 Å². The smallest absolute Gasteiger partial charge is 0.418 e. The maximum atomic E-state index is 14.1. The lowest BCUT2D eigenvalue weighted by molar-refractivity contribution is -0.137. The molecule has 1 aromatic heterocycles. The second-order valence-corrected chi connectivity index (χ2v) is 14.5. The van der Waals surface area contributed by atoms with E-state index in [0.29, 0.717) is 21.3 Å². The average molecular weight is 682 g/mol. The first-order valence-corrected chi connectivity index (χ1v) is 16.4. The second kappa shape index (κ2) is 12.0. The summed E-state index contributed by atoms with van der Waals surface area (Å²) in [6, 6.07) is 18.8. The van der Waals surface area contributed by atoms with Crippen molar-refractivity contribution in [2.75, 3.05) is 17.3 Å². The van der Waals surface area contributed by atoms with E-state index in [1.165, 1.54) is 23.8 Å². The lowest BCUT2D eigenvalue weighted by Gasteiger charge is -2.31. The highest BCUT2D eigenvalue weighted by atomic mass is 32.2. The van der Waals surface area contributed by atoms with E-state index in [2.05, 4.69) is 26.1 Å². The summed E-state index contributed by atoms with van der Waals surface area (Å²) >= 11 is 1.90. The SMILES string of the molecule is COc1ccc(N2C(=O)[C@H]3[C@H](c4ccc(C(C)(C)C)cc4)c4sc(=O)n(CC(=O)Nc5ccccc5C(F)(F)F)c4S[C@H]3C2=O)cc1. The first kappa shape index (κ1) is 32.6. The summed E-state index contributed by atoms with van der Waals surface area (Å²) < 4.78 is 47.1. The third-order valence-electron chi connectivity index (χ3n) is 8.32. The zero-order chi connectivity index (χ0) is 33.8. The Morgan fingerprint density at radius 2 is 1.57 bits per heavy atom. The quantitative estimate of drug-likeness (QED) is 0.229. The molecule has 0 saturated carbocycles. The highest BCUT2D eigenvalue weighted by Gasteiger charge is 2.57. The molecule has 0 aliphatic carbocycles. The summed E-state index contributed by atoms with van der Waals surface area (Å²) in [7, 11) is 1.51. The number of thioether (sulfide) groups is 1. The fourth-order valence-corrected chi connectivity index (χ4v) is 8.74. The van der Waals surface area contributed by atoms with Crippen molar-refractivity contribution in [2.24, 2.45) is 5.92 Å². The van der Waals surface area contributed by atoms with Crippen LogP contribution in [0, 0.1) is 5.92 Å². The number of amides is 3.